The third-order valence-electron chi connectivity index (χ3n) is 5.29. The van der Waals surface area contributed by atoms with E-state index in [-0.39, 0.29) is 19.8 Å². The minimum atomic E-state index is -1.14. The summed E-state index contributed by atoms with van der Waals surface area (Å²) < 4.78 is 12.4. The fraction of sp³-hybridized carbons (Fsp3) is 0.318. The van der Waals surface area contributed by atoms with Crippen molar-refractivity contribution in [3.8, 4) is 0 Å². The Morgan fingerprint density at radius 2 is 1.97 bits per heavy atom. The first-order chi connectivity index (χ1) is 15.0. The van der Waals surface area contributed by atoms with Crippen LogP contribution in [0.25, 0.3) is 11.0 Å². The van der Waals surface area contributed by atoms with Crippen LogP contribution >= 0.6 is 23.2 Å². The number of carbonyl (C=O) groups excluding carboxylic acids is 2. The van der Waals surface area contributed by atoms with Gasteiger partial charge < -0.3 is 14.0 Å². The predicted octanol–water partition coefficient (Wildman–Crippen LogP) is 4.10. The van der Waals surface area contributed by atoms with E-state index >= 15 is 0 Å². The van der Waals surface area contributed by atoms with Crippen LogP contribution in [0.3, 0.4) is 0 Å². The first kappa shape index (κ1) is 21.6. The lowest BCUT2D eigenvalue weighted by molar-refractivity contribution is -0.153. The molecule has 0 N–H and O–H groups in total. The van der Waals surface area contributed by atoms with Gasteiger partial charge in [-0.15, -0.1) is 0 Å². The summed E-state index contributed by atoms with van der Waals surface area (Å²) >= 11 is 12.7. The highest BCUT2D eigenvalue weighted by molar-refractivity contribution is 6.35. The lowest BCUT2D eigenvalue weighted by Crippen LogP contribution is -2.51. The van der Waals surface area contributed by atoms with E-state index in [1.807, 2.05) is 28.8 Å². The molecule has 0 saturated carbocycles. The van der Waals surface area contributed by atoms with Gasteiger partial charge in [0, 0.05) is 17.2 Å². The van der Waals surface area contributed by atoms with Crippen molar-refractivity contribution in [2.45, 2.75) is 13.0 Å². The molecular formula is C22H21Cl2N3O4. The number of amides is 1. The number of imidazole rings is 1. The molecule has 0 saturated heterocycles. The molecule has 31 heavy (non-hydrogen) atoms. The van der Waals surface area contributed by atoms with Gasteiger partial charge in [-0.1, -0.05) is 41.4 Å². The molecular weight excluding hydrogens is 441 g/mol. The molecule has 1 aliphatic heterocycles. The third-order valence-corrected chi connectivity index (χ3v) is 5.85. The predicted molar refractivity (Wildman–Crippen MR) is 119 cm³/mol. The van der Waals surface area contributed by atoms with Crippen molar-refractivity contribution in [2.24, 2.45) is 5.92 Å². The van der Waals surface area contributed by atoms with Gasteiger partial charge in [0.15, 0.2) is 5.92 Å². The number of aromatic nitrogens is 2. The molecule has 0 unspecified atom stereocenters. The summed E-state index contributed by atoms with van der Waals surface area (Å²) in [5.74, 6) is -1.73. The summed E-state index contributed by atoms with van der Waals surface area (Å²) in [7, 11) is 1.55. The average molecular weight is 462 g/mol. The molecule has 162 valence electrons. The van der Waals surface area contributed by atoms with Crippen molar-refractivity contribution in [2.75, 3.05) is 31.8 Å². The van der Waals surface area contributed by atoms with Crippen LogP contribution in [0.2, 0.25) is 10.0 Å². The number of anilines is 1. The summed E-state index contributed by atoms with van der Waals surface area (Å²) in [5.41, 5.74) is 2.07. The molecule has 2 atom stereocenters. The second-order valence-electron chi connectivity index (χ2n) is 7.09. The Hall–Kier alpha value is -2.61. The number of fused-ring (bicyclic) bond motifs is 3. The number of carbonyl (C=O) groups is 2. The zero-order valence-electron chi connectivity index (χ0n) is 17.0. The van der Waals surface area contributed by atoms with Gasteiger partial charge in [-0.05, 0) is 36.8 Å². The molecule has 3 aromatic rings. The summed E-state index contributed by atoms with van der Waals surface area (Å²) in [6.45, 7) is 2.39. The van der Waals surface area contributed by atoms with Crippen LogP contribution in [0.5, 0.6) is 0 Å². The quantitative estimate of drug-likeness (QED) is 0.407. The van der Waals surface area contributed by atoms with Gasteiger partial charge in [0.05, 0.1) is 36.8 Å². The monoisotopic (exact) mass is 461 g/mol. The van der Waals surface area contributed by atoms with Crippen LogP contribution in [0.15, 0.2) is 42.5 Å². The smallest absolute Gasteiger partial charge is 0.321 e. The number of esters is 1. The number of hydrogen-bond donors (Lipinski definition) is 0. The SMILES string of the molecule is CCOC(=O)[C@@H]1C(=O)N(CCOC)c2nc3ccccc3n2[C@@H]1c1ccc(Cl)cc1Cl. The fourth-order valence-corrected chi connectivity index (χ4v) is 4.48. The zero-order chi connectivity index (χ0) is 22.1. The van der Waals surface area contributed by atoms with Crippen molar-refractivity contribution in [1.29, 1.82) is 0 Å². The number of para-hydroxylation sites is 2. The molecule has 2 heterocycles. The minimum absolute atomic E-state index is 0.152. The largest absolute Gasteiger partial charge is 0.465 e. The van der Waals surface area contributed by atoms with E-state index in [2.05, 4.69) is 0 Å². The van der Waals surface area contributed by atoms with E-state index in [9.17, 15) is 9.59 Å². The first-order valence-corrected chi connectivity index (χ1v) is 10.6. The number of nitrogens with zero attached hydrogens (tertiary/aromatic N) is 3. The van der Waals surface area contributed by atoms with Crippen LogP contribution < -0.4 is 4.90 Å². The highest BCUT2D eigenvalue weighted by Gasteiger charge is 2.48. The molecule has 2 aromatic carbocycles. The molecule has 1 aromatic heterocycles. The van der Waals surface area contributed by atoms with Crippen molar-refractivity contribution in [1.82, 2.24) is 9.55 Å². The molecule has 9 heteroatoms. The van der Waals surface area contributed by atoms with Crippen LogP contribution in [-0.2, 0) is 19.1 Å². The maximum atomic E-state index is 13.6. The van der Waals surface area contributed by atoms with Gasteiger partial charge in [0.2, 0.25) is 11.9 Å². The van der Waals surface area contributed by atoms with Gasteiger partial charge in [0.25, 0.3) is 0 Å². The number of halogens is 2. The summed E-state index contributed by atoms with van der Waals surface area (Å²) in [4.78, 5) is 32.8. The third kappa shape index (κ3) is 3.78. The molecule has 0 radical (unpaired) electrons. The van der Waals surface area contributed by atoms with Crippen LogP contribution in [0, 0.1) is 5.92 Å². The zero-order valence-corrected chi connectivity index (χ0v) is 18.6. The maximum absolute atomic E-state index is 13.6. The normalized spacial score (nSPS) is 18.3. The Bertz CT molecular complexity index is 1150. The van der Waals surface area contributed by atoms with Gasteiger partial charge in [0.1, 0.15) is 0 Å². The number of ether oxygens (including phenoxy) is 2. The van der Waals surface area contributed by atoms with Crippen molar-refractivity contribution in [3.05, 3.63) is 58.1 Å². The molecule has 7 nitrogen and oxygen atoms in total. The van der Waals surface area contributed by atoms with Crippen molar-refractivity contribution >= 4 is 52.1 Å². The van der Waals surface area contributed by atoms with E-state index in [1.54, 1.807) is 32.2 Å². The Morgan fingerprint density at radius 1 is 1.19 bits per heavy atom. The Balaban J connectivity index is 2.00. The van der Waals surface area contributed by atoms with E-state index in [0.717, 1.165) is 5.52 Å². The molecule has 1 aliphatic rings. The molecule has 1 amide bonds. The topological polar surface area (TPSA) is 73.7 Å². The summed E-state index contributed by atoms with van der Waals surface area (Å²) in [6, 6.07) is 11.8. The Labute approximate surface area is 189 Å². The van der Waals surface area contributed by atoms with Crippen molar-refractivity contribution in [3.63, 3.8) is 0 Å². The average Bonchev–Trinajstić information content (AvgIpc) is 3.12. The maximum Gasteiger partial charge on any atom is 0.321 e. The van der Waals surface area contributed by atoms with Crippen LogP contribution in [-0.4, -0.2) is 48.3 Å². The summed E-state index contributed by atoms with van der Waals surface area (Å²) in [6.07, 6.45) is 0. The molecule has 0 fully saturated rings. The van der Waals surface area contributed by atoms with Crippen LogP contribution in [0.4, 0.5) is 5.95 Å². The summed E-state index contributed by atoms with van der Waals surface area (Å²) in [5, 5.41) is 0.815. The second kappa shape index (κ2) is 8.86. The first-order valence-electron chi connectivity index (χ1n) is 9.86. The van der Waals surface area contributed by atoms with Gasteiger partial charge in [-0.2, -0.15) is 0 Å². The van der Waals surface area contributed by atoms with Gasteiger partial charge >= 0.3 is 5.97 Å². The van der Waals surface area contributed by atoms with Gasteiger partial charge in [-0.3, -0.25) is 14.5 Å². The Morgan fingerprint density at radius 3 is 2.68 bits per heavy atom. The van der Waals surface area contributed by atoms with Crippen LogP contribution in [0.1, 0.15) is 18.5 Å². The number of benzene rings is 2. The van der Waals surface area contributed by atoms with E-state index in [0.29, 0.717) is 27.1 Å². The van der Waals surface area contributed by atoms with E-state index in [4.69, 9.17) is 37.7 Å². The lowest BCUT2D eigenvalue weighted by Gasteiger charge is -2.38. The van der Waals surface area contributed by atoms with E-state index in [1.165, 1.54) is 4.90 Å². The standard InChI is InChI=1S/C22H21Cl2N3O4/c1-3-31-21(29)18-19(14-9-8-13(23)12-15(14)24)27-17-7-5-4-6-16(17)25-22(27)26(20(18)28)10-11-30-2/h4-9,12,18-19H,3,10-11H2,1-2H3/t18-,19+/m0/s1. The molecule has 0 spiro atoms. The van der Waals surface area contributed by atoms with Crippen molar-refractivity contribution < 1.29 is 19.1 Å². The minimum Gasteiger partial charge on any atom is -0.465 e. The Kier molecular flexibility index (Phi) is 6.18. The molecule has 0 aliphatic carbocycles. The number of methoxy groups -OCH3 is 1. The molecule has 0 bridgehead atoms. The van der Waals surface area contributed by atoms with E-state index < -0.39 is 23.8 Å². The fourth-order valence-electron chi connectivity index (χ4n) is 3.96. The number of rotatable bonds is 6. The van der Waals surface area contributed by atoms with Gasteiger partial charge in [-0.25, -0.2) is 4.98 Å². The highest BCUT2D eigenvalue weighted by atomic mass is 35.5. The lowest BCUT2D eigenvalue weighted by atomic mass is 9.89. The second-order valence-corrected chi connectivity index (χ2v) is 7.94. The number of hydrogen-bond acceptors (Lipinski definition) is 5. The highest BCUT2D eigenvalue weighted by Crippen LogP contribution is 2.43. The molecule has 4 rings (SSSR count).